The zero-order chi connectivity index (χ0) is 14.4. The fraction of sp³-hybridized carbons (Fsp3) is 0.188. The molecule has 4 heteroatoms. The summed E-state index contributed by atoms with van der Waals surface area (Å²) in [5.41, 5.74) is 2.00. The summed E-state index contributed by atoms with van der Waals surface area (Å²) in [6.07, 6.45) is 2.24. The first-order valence-electron chi connectivity index (χ1n) is 6.34. The number of carbonyl (C=O) groups excluding carboxylic acids is 1. The van der Waals surface area contributed by atoms with E-state index >= 15 is 0 Å². The standard InChI is InChI=1S/C16H16N2O2/c1-18-11-6-10-15(18)16(20)17-14-9-3-2-7-13(14)8-4-5-12-19/h2-3,6-7,9-11,19H,5,12H2,1H3,(H,17,20). The quantitative estimate of drug-likeness (QED) is 0.837. The van der Waals surface area contributed by atoms with E-state index in [-0.39, 0.29) is 12.5 Å². The molecule has 0 spiro atoms. The van der Waals surface area contributed by atoms with Crippen molar-refractivity contribution >= 4 is 11.6 Å². The molecule has 0 aliphatic rings. The third-order valence-corrected chi connectivity index (χ3v) is 2.81. The van der Waals surface area contributed by atoms with Crippen molar-refractivity contribution in [1.82, 2.24) is 4.57 Å². The van der Waals surface area contributed by atoms with Gasteiger partial charge in [0.05, 0.1) is 12.3 Å². The van der Waals surface area contributed by atoms with Crippen molar-refractivity contribution < 1.29 is 9.90 Å². The van der Waals surface area contributed by atoms with E-state index in [0.717, 1.165) is 5.56 Å². The SMILES string of the molecule is Cn1cccc1C(=O)Nc1ccccc1C#CCCO. The van der Waals surface area contributed by atoms with Crippen LogP contribution in [-0.2, 0) is 7.05 Å². The summed E-state index contributed by atoms with van der Waals surface area (Å²) in [4.78, 5) is 12.2. The Morgan fingerprint density at radius 3 is 2.80 bits per heavy atom. The predicted octanol–water partition coefficient (Wildman–Crippen LogP) is 2.01. The summed E-state index contributed by atoms with van der Waals surface area (Å²) < 4.78 is 1.76. The molecule has 0 atom stereocenters. The van der Waals surface area contributed by atoms with Gasteiger partial charge in [0, 0.05) is 25.2 Å². The number of aliphatic hydroxyl groups excluding tert-OH is 1. The van der Waals surface area contributed by atoms with Gasteiger partial charge in [0.2, 0.25) is 0 Å². The highest BCUT2D eigenvalue weighted by atomic mass is 16.2. The highest BCUT2D eigenvalue weighted by Gasteiger charge is 2.10. The molecular weight excluding hydrogens is 252 g/mol. The Kier molecular flexibility index (Phi) is 4.59. The van der Waals surface area contributed by atoms with E-state index in [1.165, 1.54) is 0 Å². The number of amides is 1. The molecule has 2 aromatic rings. The molecule has 1 amide bonds. The van der Waals surface area contributed by atoms with Crippen LogP contribution < -0.4 is 5.32 Å². The van der Waals surface area contributed by atoms with Crippen LogP contribution in [0.1, 0.15) is 22.5 Å². The van der Waals surface area contributed by atoms with Crippen molar-refractivity contribution in [1.29, 1.82) is 0 Å². The number of benzene rings is 1. The molecule has 0 saturated carbocycles. The summed E-state index contributed by atoms with van der Waals surface area (Å²) in [6, 6.07) is 10.9. The first-order chi connectivity index (χ1) is 9.72. The normalized spacial score (nSPS) is 9.70. The molecule has 0 aliphatic heterocycles. The smallest absolute Gasteiger partial charge is 0.272 e. The number of nitrogens with zero attached hydrogens (tertiary/aromatic N) is 1. The van der Waals surface area contributed by atoms with Crippen LogP contribution in [0.4, 0.5) is 5.69 Å². The molecule has 20 heavy (non-hydrogen) atoms. The van der Waals surface area contributed by atoms with Crippen LogP contribution in [0.5, 0.6) is 0 Å². The number of hydrogen-bond acceptors (Lipinski definition) is 2. The summed E-state index contributed by atoms with van der Waals surface area (Å²) in [5.74, 6) is 5.63. The number of hydrogen-bond donors (Lipinski definition) is 2. The van der Waals surface area contributed by atoms with E-state index in [1.54, 1.807) is 10.6 Å². The van der Waals surface area contributed by atoms with Crippen molar-refractivity contribution in [2.24, 2.45) is 7.05 Å². The van der Waals surface area contributed by atoms with Crippen molar-refractivity contribution in [3.63, 3.8) is 0 Å². The third kappa shape index (κ3) is 3.28. The van der Waals surface area contributed by atoms with Gasteiger partial charge in [-0.2, -0.15) is 0 Å². The molecule has 0 bridgehead atoms. The number of aromatic nitrogens is 1. The number of aryl methyl sites for hydroxylation is 1. The van der Waals surface area contributed by atoms with Gasteiger partial charge in [-0.3, -0.25) is 4.79 Å². The van der Waals surface area contributed by atoms with Crippen LogP contribution in [0.3, 0.4) is 0 Å². The fourth-order valence-electron chi connectivity index (χ4n) is 1.80. The van der Waals surface area contributed by atoms with Crippen LogP contribution in [-0.4, -0.2) is 22.2 Å². The fourth-order valence-corrected chi connectivity index (χ4v) is 1.80. The van der Waals surface area contributed by atoms with Gasteiger partial charge in [0.15, 0.2) is 0 Å². The van der Waals surface area contributed by atoms with E-state index in [0.29, 0.717) is 17.8 Å². The lowest BCUT2D eigenvalue weighted by atomic mass is 10.1. The number of anilines is 1. The van der Waals surface area contributed by atoms with Gasteiger partial charge in [-0.15, -0.1) is 0 Å². The number of para-hydroxylation sites is 1. The lowest BCUT2D eigenvalue weighted by molar-refractivity contribution is 0.101. The van der Waals surface area contributed by atoms with Gasteiger partial charge < -0.3 is 15.0 Å². The Labute approximate surface area is 118 Å². The second kappa shape index (κ2) is 6.60. The van der Waals surface area contributed by atoms with Crippen molar-refractivity contribution in [2.75, 3.05) is 11.9 Å². The van der Waals surface area contributed by atoms with Gasteiger partial charge in [-0.25, -0.2) is 0 Å². The number of nitrogens with one attached hydrogen (secondary N) is 1. The number of aliphatic hydroxyl groups is 1. The second-order valence-corrected chi connectivity index (χ2v) is 4.28. The minimum absolute atomic E-state index is 0.0326. The van der Waals surface area contributed by atoms with Gasteiger partial charge in [0.1, 0.15) is 5.69 Å². The zero-order valence-corrected chi connectivity index (χ0v) is 11.3. The Hall–Kier alpha value is -2.51. The molecule has 0 aliphatic carbocycles. The van der Waals surface area contributed by atoms with Gasteiger partial charge in [-0.1, -0.05) is 24.0 Å². The average molecular weight is 268 g/mol. The zero-order valence-electron chi connectivity index (χ0n) is 11.3. The van der Waals surface area contributed by atoms with Crippen LogP contribution in [0, 0.1) is 11.8 Å². The molecule has 0 fully saturated rings. The minimum atomic E-state index is -0.172. The maximum atomic E-state index is 12.2. The highest BCUT2D eigenvalue weighted by molar-refractivity contribution is 6.03. The lowest BCUT2D eigenvalue weighted by Gasteiger charge is -2.08. The lowest BCUT2D eigenvalue weighted by Crippen LogP contribution is -2.16. The van der Waals surface area contributed by atoms with E-state index in [1.807, 2.05) is 43.6 Å². The first-order valence-corrected chi connectivity index (χ1v) is 6.34. The van der Waals surface area contributed by atoms with Crippen molar-refractivity contribution in [3.05, 3.63) is 53.9 Å². The molecular formula is C16H16N2O2. The Morgan fingerprint density at radius 1 is 1.30 bits per heavy atom. The van der Waals surface area contributed by atoms with Gasteiger partial charge in [-0.05, 0) is 24.3 Å². The number of rotatable bonds is 3. The summed E-state index contributed by atoms with van der Waals surface area (Å²) in [7, 11) is 1.82. The largest absolute Gasteiger partial charge is 0.395 e. The molecule has 102 valence electrons. The van der Waals surface area contributed by atoms with E-state index < -0.39 is 0 Å². The predicted molar refractivity (Wildman–Crippen MR) is 78.4 cm³/mol. The molecule has 0 saturated heterocycles. The topological polar surface area (TPSA) is 54.3 Å². The summed E-state index contributed by atoms with van der Waals surface area (Å²) >= 11 is 0. The minimum Gasteiger partial charge on any atom is -0.395 e. The van der Waals surface area contributed by atoms with Gasteiger partial charge in [0.25, 0.3) is 5.91 Å². The first kappa shape index (κ1) is 13.9. The molecule has 1 aromatic carbocycles. The molecule has 2 rings (SSSR count). The molecule has 0 unspecified atom stereocenters. The molecule has 0 radical (unpaired) electrons. The third-order valence-electron chi connectivity index (χ3n) is 2.81. The van der Waals surface area contributed by atoms with Crippen LogP contribution in [0.2, 0.25) is 0 Å². The molecule has 1 aromatic heterocycles. The molecule has 4 nitrogen and oxygen atoms in total. The van der Waals surface area contributed by atoms with E-state index in [9.17, 15) is 4.79 Å². The van der Waals surface area contributed by atoms with Crippen LogP contribution in [0.25, 0.3) is 0 Å². The summed E-state index contributed by atoms with van der Waals surface area (Å²) in [5, 5.41) is 11.6. The Balaban J connectivity index is 2.20. The molecule has 1 heterocycles. The number of carbonyl (C=O) groups is 1. The van der Waals surface area contributed by atoms with Crippen molar-refractivity contribution in [2.45, 2.75) is 6.42 Å². The Bertz CT molecular complexity index is 662. The van der Waals surface area contributed by atoms with Gasteiger partial charge >= 0.3 is 0 Å². The van der Waals surface area contributed by atoms with Crippen molar-refractivity contribution in [3.8, 4) is 11.8 Å². The maximum Gasteiger partial charge on any atom is 0.272 e. The van der Waals surface area contributed by atoms with E-state index in [2.05, 4.69) is 17.2 Å². The molecule has 2 N–H and O–H groups in total. The Morgan fingerprint density at radius 2 is 2.10 bits per heavy atom. The highest BCUT2D eigenvalue weighted by Crippen LogP contribution is 2.15. The van der Waals surface area contributed by atoms with Crippen LogP contribution >= 0.6 is 0 Å². The van der Waals surface area contributed by atoms with E-state index in [4.69, 9.17) is 5.11 Å². The monoisotopic (exact) mass is 268 g/mol. The average Bonchev–Trinajstić information content (AvgIpc) is 2.87. The maximum absolute atomic E-state index is 12.2. The van der Waals surface area contributed by atoms with Crippen LogP contribution in [0.15, 0.2) is 42.6 Å². The second-order valence-electron chi connectivity index (χ2n) is 4.28. The summed E-state index contributed by atoms with van der Waals surface area (Å²) in [6.45, 7) is 0.0326.